The van der Waals surface area contributed by atoms with Crippen molar-refractivity contribution in [1.82, 2.24) is 4.90 Å². The Morgan fingerprint density at radius 3 is 2.35 bits per heavy atom. The van der Waals surface area contributed by atoms with E-state index in [1.165, 1.54) is 11.1 Å². The van der Waals surface area contributed by atoms with E-state index in [1.807, 2.05) is 45.6 Å². The monoisotopic (exact) mass is 713 g/mol. The Bertz CT molecular complexity index is 1880. The van der Waals surface area contributed by atoms with Gasteiger partial charge >= 0.3 is 0 Å². The van der Waals surface area contributed by atoms with Gasteiger partial charge in [0.1, 0.15) is 17.1 Å². The number of benzene rings is 2. The van der Waals surface area contributed by atoms with E-state index in [9.17, 15) is 9.90 Å². The van der Waals surface area contributed by atoms with E-state index in [2.05, 4.69) is 77.2 Å². The Morgan fingerprint density at radius 1 is 1.02 bits per heavy atom. The molecular formula is C44H63N3O5. The molecule has 0 aromatic heterocycles. The topological polar surface area (TPSA) is 92.6 Å². The summed E-state index contributed by atoms with van der Waals surface area (Å²) >= 11 is 0. The van der Waals surface area contributed by atoms with E-state index < -0.39 is 11.2 Å². The number of hydrogen-bond donors (Lipinski definition) is 2. The average Bonchev–Trinajstić information content (AvgIpc) is 3.03. The number of amides is 1. The van der Waals surface area contributed by atoms with Crippen LogP contribution < -0.4 is 20.6 Å². The first-order chi connectivity index (χ1) is 24.2. The lowest BCUT2D eigenvalue weighted by Gasteiger charge is -2.39. The van der Waals surface area contributed by atoms with Crippen molar-refractivity contribution in [2.24, 2.45) is 4.99 Å². The first-order valence-corrected chi connectivity index (χ1v) is 19.1. The third-order valence-corrected chi connectivity index (χ3v) is 10.9. The minimum Gasteiger partial charge on any atom is -0.456 e. The van der Waals surface area contributed by atoms with Gasteiger partial charge in [0.2, 0.25) is 0 Å². The summed E-state index contributed by atoms with van der Waals surface area (Å²) in [4.78, 5) is 21.7. The van der Waals surface area contributed by atoms with Crippen molar-refractivity contribution < 1.29 is 24.1 Å². The number of carbonyl (C=O) groups is 1. The van der Waals surface area contributed by atoms with Crippen LogP contribution in [0.15, 0.2) is 52.6 Å². The summed E-state index contributed by atoms with van der Waals surface area (Å²) < 4.78 is 18.1. The fourth-order valence-electron chi connectivity index (χ4n) is 8.41. The van der Waals surface area contributed by atoms with Crippen LogP contribution in [0, 0.1) is 0 Å². The van der Waals surface area contributed by atoms with Crippen molar-refractivity contribution in [2.45, 2.75) is 136 Å². The summed E-state index contributed by atoms with van der Waals surface area (Å²) in [6.07, 6.45) is 6.61. The molecule has 2 aromatic carbocycles. The number of allylic oxidation sites excluding steroid dienone is 2. The van der Waals surface area contributed by atoms with E-state index in [1.54, 1.807) is 14.0 Å². The molecule has 3 aliphatic heterocycles. The minimum atomic E-state index is -1.09. The highest BCUT2D eigenvalue weighted by Gasteiger charge is 2.35. The Labute approximate surface area is 312 Å². The van der Waals surface area contributed by atoms with Crippen molar-refractivity contribution >= 4 is 17.2 Å². The summed E-state index contributed by atoms with van der Waals surface area (Å²) in [6.45, 7) is 26.5. The largest absolute Gasteiger partial charge is 0.456 e. The highest BCUT2D eigenvalue weighted by molar-refractivity contribution is 6.05. The molecule has 0 bridgehead atoms. The molecular weight excluding hydrogens is 651 g/mol. The van der Waals surface area contributed by atoms with Crippen LogP contribution in [0.3, 0.4) is 0 Å². The lowest BCUT2D eigenvalue weighted by molar-refractivity contribution is -0.132. The molecule has 0 saturated heterocycles. The van der Waals surface area contributed by atoms with Crippen molar-refractivity contribution in [1.29, 1.82) is 0 Å². The fourth-order valence-corrected chi connectivity index (χ4v) is 8.41. The molecule has 284 valence electrons. The standard InChI is InChI=1S/C44H63N3O5/c1-14-29(30(15-2)40(48)47(16-3)18-17-43(10,11)51-26-44(12,49)25-50-13)39-33-19-31-27(4)23-41(6,7)45-35(31)21-37(33)52-38-22-36-32(20-34(38)39)28(5)24-42(8,9)46-36/h14-15,19-22,27-28,45,49H,16-18,23-26H2,1-13H3/b29-14+,30-15+. The maximum absolute atomic E-state index is 14.7. The number of aliphatic hydroxyl groups is 1. The normalized spacial score (nSPS) is 21.7. The van der Waals surface area contributed by atoms with E-state index in [0.29, 0.717) is 36.9 Å². The average molecular weight is 714 g/mol. The molecule has 3 unspecified atom stereocenters. The number of nitrogens with zero attached hydrogens (tertiary/aromatic N) is 2. The smallest absolute Gasteiger partial charge is 0.254 e. The van der Waals surface area contributed by atoms with Crippen LogP contribution in [0.5, 0.6) is 11.5 Å². The van der Waals surface area contributed by atoms with Gasteiger partial charge in [-0.25, -0.2) is 0 Å². The van der Waals surface area contributed by atoms with Crippen molar-refractivity contribution in [3.8, 4) is 11.5 Å². The zero-order chi connectivity index (χ0) is 38.4. The van der Waals surface area contributed by atoms with Crippen molar-refractivity contribution in [3.05, 3.63) is 74.8 Å². The Hall–Kier alpha value is -3.46. The predicted molar refractivity (Wildman–Crippen MR) is 211 cm³/mol. The lowest BCUT2D eigenvalue weighted by Crippen LogP contribution is -2.42. The second-order valence-electron chi connectivity index (χ2n) is 17.5. The quantitative estimate of drug-likeness (QED) is 0.172. The van der Waals surface area contributed by atoms with Gasteiger partial charge in [0, 0.05) is 65.5 Å². The summed E-state index contributed by atoms with van der Waals surface area (Å²) in [6, 6.07) is 8.83. The summed E-state index contributed by atoms with van der Waals surface area (Å²) in [5.74, 6) is 2.18. The van der Waals surface area contributed by atoms with Crippen LogP contribution in [0.1, 0.15) is 131 Å². The number of hydrogen-bond acceptors (Lipinski definition) is 7. The summed E-state index contributed by atoms with van der Waals surface area (Å²) in [5, 5.41) is 16.3. The molecule has 0 aliphatic carbocycles. The number of rotatable bonds is 12. The molecule has 3 heterocycles. The molecule has 2 N–H and O–H groups in total. The Kier molecular flexibility index (Phi) is 11.3. The summed E-state index contributed by atoms with van der Waals surface area (Å²) in [7, 11) is 1.56. The fraction of sp³-hybridized carbons (Fsp3) is 0.591. The molecule has 3 atom stereocenters. The molecule has 8 nitrogen and oxygen atoms in total. The van der Waals surface area contributed by atoms with Crippen LogP contribution in [0.2, 0.25) is 0 Å². The second kappa shape index (κ2) is 14.8. The van der Waals surface area contributed by atoms with Gasteiger partial charge in [-0.05, 0) is 129 Å². The van der Waals surface area contributed by atoms with Crippen LogP contribution in [0.4, 0.5) is 5.69 Å². The van der Waals surface area contributed by atoms with Gasteiger partial charge in [0.15, 0.2) is 0 Å². The maximum atomic E-state index is 14.7. The molecule has 5 rings (SSSR count). The Balaban J connectivity index is 1.60. The zero-order valence-corrected chi connectivity index (χ0v) is 34.0. The molecule has 0 fully saturated rings. The van der Waals surface area contributed by atoms with Crippen molar-refractivity contribution in [2.75, 3.05) is 38.7 Å². The van der Waals surface area contributed by atoms with Crippen molar-refractivity contribution in [3.63, 3.8) is 0 Å². The van der Waals surface area contributed by atoms with Crippen LogP contribution >= 0.6 is 0 Å². The first-order valence-electron chi connectivity index (χ1n) is 19.1. The van der Waals surface area contributed by atoms with Gasteiger partial charge in [-0.15, -0.1) is 0 Å². The maximum Gasteiger partial charge on any atom is 0.254 e. The number of ether oxygens (including phenoxy) is 3. The van der Waals surface area contributed by atoms with Crippen LogP contribution in [-0.4, -0.2) is 71.6 Å². The van der Waals surface area contributed by atoms with E-state index in [4.69, 9.17) is 19.2 Å². The minimum absolute atomic E-state index is 0.0276. The second-order valence-corrected chi connectivity index (χ2v) is 17.5. The number of nitrogens with one attached hydrogen (secondary N) is 1. The molecule has 2 aromatic rings. The number of anilines is 1. The van der Waals surface area contributed by atoms with Crippen LogP contribution in [0.25, 0.3) is 5.57 Å². The van der Waals surface area contributed by atoms with E-state index in [0.717, 1.165) is 57.3 Å². The summed E-state index contributed by atoms with van der Waals surface area (Å²) in [5.41, 5.74) is 5.27. The lowest BCUT2D eigenvalue weighted by atomic mass is 9.78. The molecule has 0 radical (unpaired) electrons. The third-order valence-electron chi connectivity index (χ3n) is 10.9. The van der Waals surface area contributed by atoms with Gasteiger partial charge in [-0.2, -0.15) is 0 Å². The first kappa shape index (κ1) is 39.7. The zero-order valence-electron chi connectivity index (χ0n) is 34.0. The highest BCUT2D eigenvalue weighted by atomic mass is 16.5. The highest BCUT2D eigenvalue weighted by Crippen LogP contribution is 2.47. The molecule has 0 saturated carbocycles. The molecule has 8 heteroatoms. The number of carbonyl (C=O) groups excluding carboxylic acids is 1. The molecule has 52 heavy (non-hydrogen) atoms. The number of fused-ring (bicyclic) bond motifs is 4. The van der Waals surface area contributed by atoms with Crippen LogP contribution in [-0.2, 0) is 14.3 Å². The van der Waals surface area contributed by atoms with E-state index >= 15 is 0 Å². The van der Waals surface area contributed by atoms with Gasteiger partial charge < -0.3 is 29.5 Å². The SMILES string of the molecule is C/C=C(C1=c2cc3c(cc2Oc2cc4c(cc21)C(C)CC(C)(C)N4)=NC(C)(C)CC3C)\C(=C/C)C(=O)N(CC)CCC(C)(C)OCC(C)(O)COC. The van der Waals surface area contributed by atoms with E-state index in [-0.39, 0.29) is 30.2 Å². The Morgan fingerprint density at radius 2 is 1.71 bits per heavy atom. The molecule has 1 amide bonds. The third kappa shape index (κ3) is 8.35. The molecule has 0 spiro atoms. The van der Waals surface area contributed by atoms with Gasteiger partial charge in [-0.1, -0.05) is 26.0 Å². The van der Waals surface area contributed by atoms with Gasteiger partial charge in [0.25, 0.3) is 5.91 Å². The molecule has 3 aliphatic rings. The number of methoxy groups -OCH3 is 1. The van der Waals surface area contributed by atoms with Gasteiger partial charge in [0.05, 0.1) is 29.7 Å². The van der Waals surface area contributed by atoms with Gasteiger partial charge in [-0.3, -0.25) is 9.79 Å². The number of likely N-dealkylation sites (N-methyl/N-ethyl adjacent to an activating group) is 1. The predicted octanol–water partition coefficient (Wildman–Crippen LogP) is 7.92.